The van der Waals surface area contributed by atoms with Crippen LogP contribution in [-0.4, -0.2) is 39.3 Å². The Labute approximate surface area is 120 Å². The second-order valence-corrected chi connectivity index (χ2v) is 7.36. The molecule has 0 saturated heterocycles. The van der Waals surface area contributed by atoms with Crippen LogP contribution in [0.1, 0.15) is 12.8 Å². The molecule has 6 nitrogen and oxygen atoms in total. The van der Waals surface area contributed by atoms with Crippen molar-refractivity contribution in [1.82, 2.24) is 4.72 Å². The van der Waals surface area contributed by atoms with Crippen LogP contribution in [0.15, 0.2) is 16.3 Å². The molecule has 2 N–H and O–H groups in total. The van der Waals surface area contributed by atoms with Crippen LogP contribution in [0.3, 0.4) is 0 Å². The molecule has 1 heterocycles. The first-order valence-corrected chi connectivity index (χ1v) is 8.04. The molecule has 1 atom stereocenters. The van der Waals surface area contributed by atoms with E-state index in [4.69, 9.17) is 21.4 Å². The zero-order chi connectivity index (χ0) is 14.5. The first-order valence-electron chi connectivity index (χ1n) is 5.36. The molecule has 0 fully saturated rings. The molecule has 108 valence electrons. The summed E-state index contributed by atoms with van der Waals surface area (Å²) in [6, 6.07) is 1.60. The van der Waals surface area contributed by atoms with Gasteiger partial charge in [0.25, 0.3) is 10.0 Å². The fraction of sp³-hybridized carbons (Fsp3) is 0.500. The molecule has 0 radical (unpaired) electrons. The van der Waals surface area contributed by atoms with E-state index in [1.807, 2.05) is 0 Å². The Kier molecular flexibility index (Phi) is 6.21. The Bertz CT molecular complexity index is 528. The van der Waals surface area contributed by atoms with E-state index < -0.39 is 22.0 Å². The van der Waals surface area contributed by atoms with Crippen LogP contribution in [0.25, 0.3) is 0 Å². The lowest BCUT2D eigenvalue weighted by Gasteiger charge is -2.13. The van der Waals surface area contributed by atoms with E-state index in [0.29, 0.717) is 17.4 Å². The number of ether oxygens (including phenoxy) is 1. The van der Waals surface area contributed by atoms with Crippen molar-refractivity contribution in [2.45, 2.75) is 23.1 Å². The van der Waals surface area contributed by atoms with E-state index in [9.17, 15) is 13.2 Å². The molecule has 0 bridgehead atoms. The van der Waals surface area contributed by atoms with Gasteiger partial charge in [-0.25, -0.2) is 8.42 Å². The molecule has 1 aromatic rings. The predicted molar refractivity (Wildman–Crippen MR) is 72.2 cm³/mol. The summed E-state index contributed by atoms with van der Waals surface area (Å²) in [5.74, 6) is -1.22. The Hall–Kier alpha value is -0.670. The maximum absolute atomic E-state index is 11.9. The van der Waals surface area contributed by atoms with Gasteiger partial charge < -0.3 is 9.84 Å². The molecule has 1 rings (SSSR count). The summed E-state index contributed by atoms with van der Waals surface area (Å²) in [5.41, 5.74) is 0. The molecule has 1 unspecified atom stereocenters. The maximum Gasteiger partial charge on any atom is 0.321 e. The van der Waals surface area contributed by atoms with E-state index in [0.717, 1.165) is 11.3 Å². The highest BCUT2D eigenvalue weighted by atomic mass is 35.5. The zero-order valence-electron chi connectivity index (χ0n) is 10.1. The van der Waals surface area contributed by atoms with Gasteiger partial charge in [0.05, 0.1) is 4.34 Å². The van der Waals surface area contributed by atoms with E-state index >= 15 is 0 Å². The molecule has 1 aromatic heterocycles. The summed E-state index contributed by atoms with van der Waals surface area (Å²) in [6.07, 6.45) is 0.600. The van der Waals surface area contributed by atoms with E-state index in [1.165, 1.54) is 19.2 Å². The molecule has 19 heavy (non-hydrogen) atoms. The highest BCUT2D eigenvalue weighted by molar-refractivity contribution is 7.91. The van der Waals surface area contributed by atoms with Gasteiger partial charge in [-0.2, -0.15) is 4.72 Å². The lowest BCUT2D eigenvalue weighted by Crippen LogP contribution is -2.40. The molecular formula is C10H14ClNO5S2. The lowest BCUT2D eigenvalue weighted by molar-refractivity contribution is -0.139. The lowest BCUT2D eigenvalue weighted by atomic mass is 10.2. The first kappa shape index (κ1) is 16.4. The minimum Gasteiger partial charge on any atom is -0.480 e. The minimum atomic E-state index is -3.86. The molecular weight excluding hydrogens is 314 g/mol. The maximum atomic E-state index is 11.9. The molecule has 0 aromatic carbocycles. The van der Waals surface area contributed by atoms with E-state index in [1.54, 1.807) is 0 Å². The average molecular weight is 328 g/mol. The Balaban J connectivity index is 2.75. The summed E-state index contributed by atoms with van der Waals surface area (Å²) in [5, 5.41) is 9.00. The fourth-order valence-electron chi connectivity index (χ4n) is 1.35. The SMILES string of the molecule is COCCCC(NS(=O)(=O)c1ccc(Cl)s1)C(=O)O. The standard InChI is InChI=1S/C10H14ClNO5S2/c1-17-6-2-3-7(10(13)14)12-19(15,16)9-5-4-8(11)18-9/h4-5,7,12H,2-3,6H2,1H3,(H,13,14). The quantitative estimate of drug-likeness (QED) is 0.707. The van der Waals surface area contributed by atoms with Gasteiger partial charge in [0.1, 0.15) is 10.3 Å². The Morgan fingerprint density at radius 3 is 2.74 bits per heavy atom. The van der Waals surface area contributed by atoms with E-state index in [2.05, 4.69) is 4.72 Å². The second-order valence-electron chi connectivity index (χ2n) is 3.71. The number of aliphatic carboxylic acids is 1. The van der Waals surface area contributed by atoms with Crippen LogP contribution in [0.5, 0.6) is 0 Å². The van der Waals surface area contributed by atoms with Crippen LogP contribution in [0.2, 0.25) is 4.34 Å². The van der Waals surface area contributed by atoms with Crippen molar-refractivity contribution >= 4 is 38.9 Å². The monoisotopic (exact) mass is 327 g/mol. The van der Waals surface area contributed by atoms with Crippen LogP contribution in [-0.2, 0) is 19.6 Å². The number of rotatable bonds is 8. The number of halogens is 1. The van der Waals surface area contributed by atoms with Crippen molar-refractivity contribution in [3.63, 3.8) is 0 Å². The van der Waals surface area contributed by atoms with Gasteiger partial charge in [0.2, 0.25) is 0 Å². The normalized spacial score (nSPS) is 13.4. The van der Waals surface area contributed by atoms with Gasteiger partial charge in [0, 0.05) is 13.7 Å². The summed E-state index contributed by atoms with van der Waals surface area (Å²) >= 11 is 6.54. The molecule has 0 saturated carbocycles. The number of sulfonamides is 1. The first-order chi connectivity index (χ1) is 8.86. The molecule has 0 aliphatic heterocycles. The largest absolute Gasteiger partial charge is 0.480 e. The number of carboxylic acid groups (broad SMARTS) is 1. The minimum absolute atomic E-state index is 0.00417. The number of carbonyl (C=O) groups is 1. The summed E-state index contributed by atoms with van der Waals surface area (Å²) in [4.78, 5) is 11.0. The van der Waals surface area contributed by atoms with Crippen molar-refractivity contribution in [3.05, 3.63) is 16.5 Å². The highest BCUT2D eigenvalue weighted by Gasteiger charge is 2.26. The number of hydrogen-bond acceptors (Lipinski definition) is 5. The average Bonchev–Trinajstić information content (AvgIpc) is 2.75. The van der Waals surface area contributed by atoms with Crippen LogP contribution in [0.4, 0.5) is 0 Å². The topological polar surface area (TPSA) is 92.7 Å². The third-order valence-electron chi connectivity index (χ3n) is 2.25. The van der Waals surface area contributed by atoms with Crippen molar-refractivity contribution in [2.75, 3.05) is 13.7 Å². The molecule has 0 spiro atoms. The van der Waals surface area contributed by atoms with Crippen molar-refractivity contribution in [3.8, 4) is 0 Å². The number of hydrogen-bond donors (Lipinski definition) is 2. The zero-order valence-corrected chi connectivity index (χ0v) is 12.5. The number of thiophene rings is 1. The second kappa shape index (κ2) is 7.20. The van der Waals surface area contributed by atoms with Crippen LogP contribution in [0, 0.1) is 0 Å². The molecule has 0 aliphatic carbocycles. The molecule has 0 amide bonds. The van der Waals surface area contributed by atoms with Crippen molar-refractivity contribution < 1.29 is 23.1 Å². The van der Waals surface area contributed by atoms with Crippen molar-refractivity contribution in [2.24, 2.45) is 0 Å². The van der Waals surface area contributed by atoms with Gasteiger partial charge >= 0.3 is 5.97 Å². The highest BCUT2D eigenvalue weighted by Crippen LogP contribution is 2.25. The van der Waals surface area contributed by atoms with Crippen LogP contribution < -0.4 is 4.72 Å². The van der Waals surface area contributed by atoms with Gasteiger partial charge in [-0.15, -0.1) is 11.3 Å². The third-order valence-corrected chi connectivity index (χ3v) is 5.44. The number of methoxy groups -OCH3 is 1. The summed E-state index contributed by atoms with van der Waals surface area (Å²) < 4.78 is 31.2. The predicted octanol–water partition coefficient (Wildman–Crippen LogP) is 1.56. The molecule has 0 aliphatic rings. The Morgan fingerprint density at radius 1 is 1.58 bits per heavy atom. The third kappa shape index (κ3) is 5.07. The van der Waals surface area contributed by atoms with Gasteiger partial charge in [-0.3, -0.25) is 4.79 Å². The number of carboxylic acids is 1. The van der Waals surface area contributed by atoms with E-state index in [-0.39, 0.29) is 10.6 Å². The van der Waals surface area contributed by atoms with Gasteiger partial charge in [-0.1, -0.05) is 11.6 Å². The van der Waals surface area contributed by atoms with Gasteiger partial charge in [0.15, 0.2) is 0 Å². The van der Waals surface area contributed by atoms with Gasteiger partial charge in [-0.05, 0) is 25.0 Å². The number of nitrogens with one attached hydrogen (secondary N) is 1. The molecule has 9 heteroatoms. The fourth-order valence-corrected chi connectivity index (χ4v) is 4.08. The summed E-state index contributed by atoms with van der Waals surface area (Å²) in [7, 11) is -2.36. The summed E-state index contributed by atoms with van der Waals surface area (Å²) in [6.45, 7) is 0.371. The Morgan fingerprint density at radius 2 is 2.26 bits per heavy atom. The van der Waals surface area contributed by atoms with Crippen LogP contribution >= 0.6 is 22.9 Å². The van der Waals surface area contributed by atoms with Crippen molar-refractivity contribution in [1.29, 1.82) is 0 Å². The smallest absolute Gasteiger partial charge is 0.321 e.